The van der Waals surface area contributed by atoms with Crippen LogP contribution in [0.15, 0.2) is 72.9 Å². The molecular weight excluding hydrogens is 1630 g/mol. The molecule has 4 saturated carbocycles. The Kier molecular flexibility index (Phi) is 28.1. The molecule has 660 valence electrons. The van der Waals surface area contributed by atoms with Gasteiger partial charge in [0, 0.05) is 79.9 Å². The number of aromatic carboxylic acids is 1. The Morgan fingerprint density at radius 1 is 0.787 bits per heavy atom. The first-order valence-electron chi connectivity index (χ1n) is 40.5. The lowest BCUT2D eigenvalue weighted by Crippen LogP contribution is -2.64. The van der Waals surface area contributed by atoms with E-state index in [1.165, 1.54) is 42.4 Å². The van der Waals surface area contributed by atoms with Gasteiger partial charge in [-0.25, -0.2) is 24.4 Å². The van der Waals surface area contributed by atoms with Gasteiger partial charge in [0.1, 0.15) is 54.6 Å². The van der Waals surface area contributed by atoms with Crippen molar-refractivity contribution in [3.8, 4) is 16.9 Å². The summed E-state index contributed by atoms with van der Waals surface area (Å²) in [6, 6.07) is 14.5. The van der Waals surface area contributed by atoms with Crippen molar-refractivity contribution in [3.63, 3.8) is 0 Å². The number of carbonyl (C=O) groups excluding carboxylic acids is 7. The number of fused-ring (bicyclic) bond motifs is 2. The molecule has 4 aliphatic carbocycles. The normalized spacial score (nSPS) is 24.6. The summed E-state index contributed by atoms with van der Waals surface area (Å²) >= 11 is 1.37. The summed E-state index contributed by atoms with van der Waals surface area (Å²) in [7, 11) is -1.35. The molecule has 3 aromatic heterocycles. The molecule has 2 unspecified atom stereocenters. The van der Waals surface area contributed by atoms with Crippen molar-refractivity contribution < 1.29 is 120 Å². The number of para-hydroxylation sites is 1. The minimum Gasteiger partial charge on any atom is -0.496 e. The Morgan fingerprint density at radius 3 is 2.21 bits per heavy atom. The van der Waals surface area contributed by atoms with Crippen molar-refractivity contribution in [3.05, 3.63) is 112 Å². The summed E-state index contributed by atoms with van der Waals surface area (Å²) in [6.07, 6.45) is -3.75. The highest BCUT2D eigenvalue weighted by Crippen LogP contribution is 2.72. The quantitative estimate of drug-likeness (QED) is 0.0177. The molecule has 11 atom stereocenters. The van der Waals surface area contributed by atoms with E-state index < -0.39 is 162 Å². The molecule has 6 fully saturated rings. The Morgan fingerprint density at radius 2 is 1.52 bits per heavy atom. The van der Waals surface area contributed by atoms with E-state index >= 15 is 0 Å². The molecule has 37 nitrogen and oxygen atoms in total. The molecule has 6 aromatic rings. The number of benzene rings is 3. The second-order valence-corrected chi connectivity index (χ2v) is 36.6. The number of amides is 7. The first-order valence-corrected chi connectivity index (χ1v) is 42.9. The van der Waals surface area contributed by atoms with Gasteiger partial charge in [0.15, 0.2) is 16.9 Å². The summed E-state index contributed by atoms with van der Waals surface area (Å²) in [5.74, 6) is -8.70. The molecule has 7 aliphatic rings. The monoisotopic (exact) mass is 1730 g/mol. The molecule has 13 rings (SSSR count). The number of nitrogens with zero attached hydrogens (tertiary/aromatic N) is 7. The first kappa shape index (κ1) is 90.9. The van der Waals surface area contributed by atoms with Gasteiger partial charge in [0.05, 0.1) is 86.4 Å². The van der Waals surface area contributed by atoms with E-state index in [1.54, 1.807) is 57.5 Å². The minimum absolute atomic E-state index is 0.0594. The van der Waals surface area contributed by atoms with Gasteiger partial charge in [-0.3, -0.25) is 48.1 Å². The van der Waals surface area contributed by atoms with Crippen LogP contribution in [0.1, 0.15) is 148 Å². The van der Waals surface area contributed by atoms with Gasteiger partial charge in [-0.05, 0) is 165 Å². The number of hydrogen-bond donors (Lipinski definition) is 12. The third-order valence-corrected chi connectivity index (χ3v) is 25.6. The number of rotatable bonds is 38. The number of anilines is 3. The summed E-state index contributed by atoms with van der Waals surface area (Å²) in [5.41, 5.74) is 4.23. The Labute approximate surface area is 707 Å². The molecule has 3 aliphatic heterocycles. The van der Waals surface area contributed by atoms with E-state index in [9.17, 15) is 86.4 Å². The number of aromatic nitrogens is 4. The molecule has 2 saturated heterocycles. The second kappa shape index (κ2) is 37.8. The lowest BCUT2D eigenvalue weighted by Gasteiger charge is -2.69. The summed E-state index contributed by atoms with van der Waals surface area (Å²) < 4.78 is 70.2. The number of aliphatic carboxylic acids is 2. The Balaban J connectivity index is 0.695. The van der Waals surface area contributed by atoms with Crippen molar-refractivity contribution in [2.24, 2.45) is 22.2 Å². The number of likely N-dealkylation sites (tertiary alicyclic amines) is 1. The highest BCUT2D eigenvalue weighted by atomic mass is 32.2. The number of aliphatic hydroxyl groups is 3. The van der Waals surface area contributed by atoms with E-state index in [1.807, 2.05) is 40.8 Å². The number of carboxylic acid groups (broad SMARTS) is 3. The summed E-state index contributed by atoms with van der Waals surface area (Å²) in [6.45, 7) is 10.9. The van der Waals surface area contributed by atoms with Gasteiger partial charge in [0.2, 0.25) is 29.5 Å². The minimum atomic E-state index is -4.43. The predicted molar refractivity (Wildman–Crippen MR) is 439 cm³/mol. The number of aliphatic hydroxyl groups excluding tert-OH is 3. The molecule has 6 heterocycles. The molecule has 39 heteroatoms. The zero-order chi connectivity index (χ0) is 88.1. The van der Waals surface area contributed by atoms with E-state index in [-0.39, 0.29) is 98.9 Å². The molecule has 12 N–H and O–H groups in total. The Bertz CT molecular complexity index is 5030. The predicted octanol–water partition coefficient (Wildman–Crippen LogP) is 5.11. The number of nitrogens with one attached hydrogen (secondary N) is 5. The molecule has 0 spiro atoms. The number of hydrogen-bond acceptors (Lipinski definition) is 26. The third kappa shape index (κ3) is 21.3. The fourth-order valence-electron chi connectivity index (χ4n) is 19.3. The molecule has 4 bridgehead atoms. The average Bonchev–Trinajstić information content (AvgIpc) is 0.738. The number of methoxy groups -OCH3 is 2. The van der Waals surface area contributed by atoms with Gasteiger partial charge in [0.25, 0.3) is 16.0 Å². The topological polar surface area (TPSA) is 515 Å². The number of carboxylic acids is 3. The van der Waals surface area contributed by atoms with Crippen molar-refractivity contribution in [2.45, 2.75) is 199 Å². The van der Waals surface area contributed by atoms with Gasteiger partial charge < -0.3 is 95.0 Å². The van der Waals surface area contributed by atoms with Crippen LogP contribution in [0.2, 0.25) is 0 Å². The summed E-state index contributed by atoms with van der Waals surface area (Å²) in [4.78, 5) is 147. The number of ether oxygens (including phenoxy) is 6. The zero-order valence-corrected chi connectivity index (χ0v) is 70.7. The highest BCUT2D eigenvalue weighted by molar-refractivity contribution is 7.85. The maximum atomic E-state index is 14.5. The van der Waals surface area contributed by atoms with Gasteiger partial charge in [-0.15, -0.1) is 0 Å². The van der Waals surface area contributed by atoms with Crippen LogP contribution in [-0.4, -0.2) is 265 Å². The van der Waals surface area contributed by atoms with Crippen molar-refractivity contribution >= 4 is 108 Å². The standard InChI is InChI=1S/C83H106N12O25S2/c1-45(2)66(90-64(97)35-94-51(37-117-29-30-122(112,113)114)32-58(75(94)106)87-63(96)21-22-65(98)99)74(105)85-46(3)72(103)86-50-15-13-49(48(31-50)14-18-60-68(100)69(101)70(102)71(120-60)77(109)110)36-118-79(111)92(25-27-115-7)26-28-119-83-41-80(5)38-81(6,42-83)40-82(39-80,43-83)44-95-47(4)55(33-84-95)53-17-20-62(89-67(53)76(107)108)93-24-23-52-56(34-93)54(16-19-59(52)116-8)73(104)91-78-88-57-11-9-10-12-61(57)121-78/h9-13,15-17,19-20,31,33,45-46,51,58,60,66,68-71,100-102H,14,18,21-30,32,34-44H2,1-8H3,(H,85,105)(H,86,103)(H,87,96)(H,90,97)(H,98,99)(H,107,108)(H,109,110)(H,88,91,104)(H,112,113,114)/t46-,51-,58-,60-,66-,68-,69+,70-,71-,80?,81?,82?,83?/m0/s1. The summed E-state index contributed by atoms with van der Waals surface area (Å²) in [5, 5.41) is 80.8. The maximum Gasteiger partial charge on any atom is 0.410 e. The van der Waals surface area contributed by atoms with E-state index in [2.05, 4.69) is 45.4 Å². The van der Waals surface area contributed by atoms with Crippen LogP contribution in [0.5, 0.6) is 5.75 Å². The van der Waals surface area contributed by atoms with Crippen LogP contribution in [0.25, 0.3) is 21.3 Å². The van der Waals surface area contributed by atoms with Crippen molar-refractivity contribution in [2.75, 3.05) is 88.1 Å². The number of carbonyl (C=O) groups is 10. The number of pyridine rings is 1. The van der Waals surface area contributed by atoms with Crippen LogP contribution in [0, 0.1) is 29.1 Å². The van der Waals surface area contributed by atoms with Crippen LogP contribution >= 0.6 is 11.3 Å². The van der Waals surface area contributed by atoms with Crippen LogP contribution in [-0.2, 0) is 99.9 Å². The average molecular weight is 1740 g/mol. The van der Waals surface area contributed by atoms with Crippen molar-refractivity contribution in [1.82, 2.24) is 45.5 Å². The van der Waals surface area contributed by atoms with Gasteiger partial charge in [-0.2, -0.15) is 13.5 Å². The van der Waals surface area contributed by atoms with Crippen LogP contribution in [0.3, 0.4) is 0 Å². The Hall–Kier alpha value is -10.4. The van der Waals surface area contributed by atoms with Crippen LogP contribution < -0.4 is 36.2 Å². The molecule has 0 radical (unpaired) electrons. The third-order valence-electron chi connectivity index (χ3n) is 23.9. The fourth-order valence-corrected chi connectivity index (χ4v) is 20.5. The first-order chi connectivity index (χ1) is 57.8. The van der Waals surface area contributed by atoms with Crippen LogP contribution in [0.4, 0.5) is 21.4 Å². The molecule has 3 aromatic carbocycles. The lowest BCUT2D eigenvalue weighted by molar-refractivity contribution is -0.248. The lowest BCUT2D eigenvalue weighted by atomic mass is 9.39. The highest BCUT2D eigenvalue weighted by Gasteiger charge is 2.66. The zero-order valence-electron chi connectivity index (χ0n) is 69.1. The second-order valence-electron chi connectivity index (χ2n) is 34.0. The SMILES string of the molecule is COCCN(CCOC12CC3(C)CC(C)(CC(Cn4ncc(-c5ccc(N6CCc7c(OC)ccc(C(=O)Nc8nc9ccccc9s8)c7C6)nc5C(=O)O)c4C)(C3)C1)C2)C(=O)OCc1ccc(NC(=O)[C@H](C)NC(=O)[C@@H](NC(=O)CN2C(=O)[C@@H](NC(=O)CCC(=O)O)C[C@H]2COCCS(=O)(=O)O)C(C)C)cc1CC[C@@H]1O[C@H](C(=O)O)[C@@H](O)[C@H](O)[C@H]1O. The molecule has 122 heavy (non-hydrogen) atoms. The smallest absolute Gasteiger partial charge is 0.410 e. The maximum absolute atomic E-state index is 14.5. The molecular formula is C83H106N12O25S2. The van der Waals surface area contributed by atoms with E-state index in [0.29, 0.717) is 70.4 Å². The number of aryl methyl sites for hydroxylation is 1. The fraction of sp³-hybridized carbons (Fsp3) is 0.554. The van der Waals surface area contributed by atoms with Gasteiger partial charge >= 0.3 is 24.0 Å². The van der Waals surface area contributed by atoms with Crippen molar-refractivity contribution in [1.29, 1.82) is 0 Å². The van der Waals surface area contributed by atoms with E-state index in [0.717, 1.165) is 64.0 Å². The van der Waals surface area contributed by atoms with E-state index in [4.69, 9.17) is 43.6 Å². The largest absolute Gasteiger partial charge is 0.496 e. The van der Waals surface area contributed by atoms with Gasteiger partial charge in [-0.1, -0.05) is 57.2 Å². The number of thiazole rings is 1. The molecule has 7 amide bonds.